The second-order valence-electron chi connectivity index (χ2n) is 4.03. The molecule has 3 rings (SSSR count). The number of anilines is 1. The minimum atomic E-state index is -0.226. The molecule has 0 saturated carbocycles. The molecule has 2 aromatic rings. The van der Waals surface area contributed by atoms with Crippen molar-refractivity contribution in [3.8, 4) is 11.5 Å². The van der Waals surface area contributed by atoms with Gasteiger partial charge in [0.1, 0.15) is 19.0 Å². The summed E-state index contributed by atoms with van der Waals surface area (Å²) >= 11 is 0. The summed E-state index contributed by atoms with van der Waals surface area (Å²) in [6, 6.07) is 10.4. The van der Waals surface area contributed by atoms with Gasteiger partial charge in [0.05, 0.1) is 0 Å². The number of amides is 1. The molecule has 0 bridgehead atoms. The molecule has 1 aliphatic heterocycles. The lowest BCUT2D eigenvalue weighted by molar-refractivity contribution is 0.102. The van der Waals surface area contributed by atoms with Crippen LogP contribution < -0.4 is 14.8 Å². The first-order valence-electron chi connectivity index (χ1n) is 5.95. The maximum absolute atomic E-state index is 12.1. The van der Waals surface area contributed by atoms with Crippen LogP contribution in [0.5, 0.6) is 11.5 Å². The van der Waals surface area contributed by atoms with Crippen LogP contribution in [0.15, 0.2) is 42.6 Å². The number of fused-ring (bicyclic) bond motifs is 1. The summed E-state index contributed by atoms with van der Waals surface area (Å²) < 4.78 is 10.9. The van der Waals surface area contributed by atoms with Crippen molar-refractivity contribution in [1.82, 2.24) is 4.98 Å². The molecular weight excluding hydrogens is 244 g/mol. The maximum Gasteiger partial charge on any atom is 0.256 e. The van der Waals surface area contributed by atoms with Gasteiger partial charge in [-0.05, 0) is 30.3 Å². The number of hydrogen-bond acceptors (Lipinski definition) is 4. The monoisotopic (exact) mass is 256 g/mol. The number of nitrogens with one attached hydrogen (secondary N) is 1. The molecule has 1 aromatic carbocycles. The number of benzene rings is 1. The smallest absolute Gasteiger partial charge is 0.256 e. The minimum absolute atomic E-state index is 0.226. The van der Waals surface area contributed by atoms with Gasteiger partial charge >= 0.3 is 0 Å². The molecule has 19 heavy (non-hydrogen) atoms. The van der Waals surface area contributed by atoms with Gasteiger partial charge in [0, 0.05) is 11.8 Å². The van der Waals surface area contributed by atoms with Gasteiger partial charge in [-0.3, -0.25) is 4.79 Å². The van der Waals surface area contributed by atoms with Gasteiger partial charge in [0.25, 0.3) is 5.91 Å². The Morgan fingerprint density at radius 1 is 1.11 bits per heavy atom. The first-order chi connectivity index (χ1) is 9.33. The highest BCUT2D eigenvalue weighted by Gasteiger charge is 2.15. The quantitative estimate of drug-likeness (QED) is 0.894. The average molecular weight is 256 g/mol. The third kappa shape index (κ3) is 2.49. The Morgan fingerprint density at radius 3 is 2.74 bits per heavy atom. The van der Waals surface area contributed by atoms with Gasteiger partial charge in [0.2, 0.25) is 0 Å². The predicted molar refractivity (Wildman–Crippen MR) is 69.6 cm³/mol. The summed E-state index contributed by atoms with van der Waals surface area (Å²) in [5.74, 6) is 1.55. The van der Waals surface area contributed by atoms with Crippen molar-refractivity contribution in [2.24, 2.45) is 0 Å². The highest BCUT2D eigenvalue weighted by Crippen LogP contribution is 2.30. The average Bonchev–Trinajstić information content (AvgIpc) is 2.48. The topological polar surface area (TPSA) is 60.5 Å². The van der Waals surface area contributed by atoms with E-state index in [4.69, 9.17) is 9.47 Å². The van der Waals surface area contributed by atoms with Crippen LogP contribution in [0.2, 0.25) is 0 Å². The van der Waals surface area contributed by atoms with Crippen LogP contribution in [-0.4, -0.2) is 24.1 Å². The van der Waals surface area contributed by atoms with Crippen LogP contribution in [-0.2, 0) is 0 Å². The SMILES string of the molecule is O=C(Nc1ccccn1)c1ccc2c(c1)OCCO2. The van der Waals surface area contributed by atoms with E-state index in [0.717, 1.165) is 0 Å². The van der Waals surface area contributed by atoms with E-state index in [-0.39, 0.29) is 5.91 Å². The normalized spacial score (nSPS) is 12.8. The third-order valence-corrected chi connectivity index (χ3v) is 2.71. The van der Waals surface area contributed by atoms with Gasteiger partial charge in [-0.2, -0.15) is 0 Å². The number of pyridine rings is 1. The van der Waals surface area contributed by atoms with Crippen molar-refractivity contribution in [2.75, 3.05) is 18.5 Å². The van der Waals surface area contributed by atoms with Crippen LogP contribution in [0.1, 0.15) is 10.4 Å². The molecule has 0 spiro atoms. The van der Waals surface area contributed by atoms with Crippen LogP contribution in [0, 0.1) is 0 Å². The predicted octanol–water partition coefficient (Wildman–Crippen LogP) is 2.11. The van der Waals surface area contributed by atoms with E-state index in [2.05, 4.69) is 10.3 Å². The maximum atomic E-state index is 12.1. The molecule has 1 aliphatic rings. The number of ether oxygens (including phenoxy) is 2. The van der Waals surface area contributed by atoms with E-state index in [1.165, 1.54) is 0 Å². The Balaban J connectivity index is 1.80. The molecule has 0 unspecified atom stereocenters. The van der Waals surface area contributed by atoms with Gasteiger partial charge < -0.3 is 14.8 Å². The van der Waals surface area contributed by atoms with E-state index < -0.39 is 0 Å². The van der Waals surface area contributed by atoms with Gasteiger partial charge in [-0.25, -0.2) is 4.98 Å². The van der Waals surface area contributed by atoms with Crippen molar-refractivity contribution in [2.45, 2.75) is 0 Å². The molecule has 0 atom stereocenters. The zero-order valence-electron chi connectivity index (χ0n) is 10.1. The Morgan fingerprint density at radius 2 is 1.95 bits per heavy atom. The van der Waals surface area contributed by atoms with E-state index in [0.29, 0.717) is 36.1 Å². The molecule has 0 aliphatic carbocycles. The van der Waals surface area contributed by atoms with Crippen molar-refractivity contribution < 1.29 is 14.3 Å². The van der Waals surface area contributed by atoms with Gasteiger partial charge in [-0.15, -0.1) is 0 Å². The Bertz CT molecular complexity index is 599. The zero-order chi connectivity index (χ0) is 13.1. The second kappa shape index (κ2) is 4.97. The lowest BCUT2D eigenvalue weighted by Crippen LogP contribution is -2.17. The summed E-state index contributed by atoms with van der Waals surface area (Å²) in [5, 5.41) is 2.72. The van der Waals surface area contributed by atoms with Gasteiger partial charge in [-0.1, -0.05) is 6.07 Å². The molecule has 0 radical (unpaired) electrons. The Labute approximate surface area is 110 Å². The van der Waals surface area contributed by atoms with Crippen LogP contribution in [0.4, 0.5) is 5.82 Å². The second-order valence-corrected chi connectivity index (χ2v) is 4.03. The Hall–Kier alpha value is -2.56. The van der Waals surface area contributed by atoms with Crippen molar-refractivity contribution in [1.29, 1.82) is 0 Å². The van der Waals surface area contributed by atoms with Crippen molar-refractivity contribution >= 4 is 11.7 Å². The molecule has 5 heteroatoms. The lowest BCUT2D eigenvalue weighted by atomic mass is 10.2. The van der Waals surface area contributed by atoms with Gasteiger partial charge in [0.15, 0.2) is 11.5 Å². The van der Waals surface area contributed by atoms with Crippen LogP contribution in [0.25, 0.3) is 0 Å². The zero-order valence-corrected chi connectivity index (χ0v) is 10.1. The first-order valence-corrected chi connectivity index (χ1v) is 5.95. The summed E-state index contributed by atoms with van der Waals surface area (Å²) in [6.07, 6.45) is 1.62. The third-order valence-electron chi connectivity index (χ3n) is 2.71. The fourth-order valence-corrected chi connectivity index (χ4v) is 1.81. The van der Waals surface area contributed by atoms with Crippen molar-refractivity contribution in [3.63, 3.8) is 0 Å². The summed E-state index contributed by atoms with van der Waals surface area (Å²) in [5.41, 5.74) is 0.509. The minimum Gasteiger partial charge on any atom is -0.486 e. The molecule has 0 fully saturated rings. The Kier molecular flexibility index (Phi) is 3.02. The van der Waals surface area contributed by atoms with E-state index in [9.17, 15) is 4.79 Å². The summed E-state index contributed by atoms with van der Waals surface area (Å²) in [7, 11) is 0. The highest BCUT2D eigenvalue weighted by molar-refractivity contribution is 6.04. The number of hydrogen-bond donors (Lipinski definition) is 1. The molecule has 0 saturated heterocycles. The molecule has 2 heterocycles. The van der Waals surface area contributed by atoms with Crippen molar-refractivity contribution in [3.05, 3.63) is 48.2 Å². The van der Waals surface area contributed by atoms with E-state index >= 15 is 0 Å². The number of carbonyl (C=O) groups is 1. The largest absolute Gasteiger partial charge is 0.486 e. The summed E-state index contributed by atoms with van der Waals surface area (Å²) in [6.45, 7) is 1.03. The van der Waals surface area contributed by atoms with E-state index in [1.54, 1.807) is 36.5 Å². The molecule has 96 valence electrons. The number of rotatable bonds is 2. The lowest BCUT2D eigenvalue weighted by Gasteiger charge is -2.18. The fraction of sp³-hybridized carbons (Fsp3) is 0.143. The molecule has 1 N–H and O–H groups in total. The highest BCUT2D eigenvalue weighted by atomic mass is 16.6. The number of nitrogens with zero attached hydrogens (tertiary/aromatic N) is 1. The number of carbonyl (C=O) groups excluding carboxylic acids is 1. The molecule has 5 nitrogen and oxygen atoms in total. The van der Waals surface area contributed by atoms with Crippen LogP contribution in [0.3, 0.4) is 0 Å². The molecule has 1 amide bonds. The summed E-state index contributed by atoms with van der Waals surface area (Å²) in [4.78, 5) is 16.1. The first kappa shape index (κ1) is 11.5. The van der Waals surface area contributed by atoms with Crippen LogP contribution >= 0.6 is 0 Å². The van der Waals surface area contributed by atoms with E-state index in [1.807, 2.05) is 6.07 Å². The standard InChI is InChI=1S/C14H12N2O3/c17-14(16-13-3-1-2-6-15-13)10-4-5-11-12(9-10)19-8-7-18-11/h1-6,9H,7-8H2,(H,15,16,17). The molecule has 1 aromatic heterocycles. The fourth-order valence-electron chi connectivity index (χ4n) is 1.81. The molecular formula is C14H12N2O3. The number of aromatic nitrogens is 1.